The number of aliphatic hydroxyl groups excluding tert-OH is 1. The molecule has 1 N–H and O–H groups in total. The molecule has 0 saturated carbocycles. The SMILES string of the molecule is Cc1ccc(C(=O)C2=C(O)C(=O)N(Cc3ccco3)[C@@H]2c2cccc(Br)c2)o1. The first-order chi connectivity index (χ1) is 13.5. The summed E-state index contributed by atoms with van der Waals surface area (Å²) in [6.07, 6.45) is 1.51. The molecule has 2 aromatic heterocycles. The number of hydrogen-bond acceptors (Lipinski definition) is 5. The normalized spacial score (nSPS) is 16.9. The highest BCUT2D eigenvalue weighted by Crippen LogP contribution is 2.40. The van der Waals surface area contributed by atoms with Crippen molar-refractivity contribution in [2.75, 3.05) is 0 Å². The summed E-state index contributed by atoms with van der Waals surface area (Å²) in [5.74, 6) is -0.538. The number of nitrogens with zero attached hydrogens (tertiary/aromatic N) is 1. The molecule has 0 saturated heterocycles. The van der Waals surface area contributed by atoms with Gasteiger partial charge in [0.25, 0.3) is 5.91 Å². The summed E-state index contributed by atoms with van der Waals surface area (Å²) in [6, 6.07) is 13.2. The number of hydrogen-bond donors (Lipinski definition) is 1. The quantitative estimate of drug-likeness (QED) is 0.578. The summed E-state index contributed by atoms with van der Waals surface area (Å²) < 4.78 is 11.6. The number of aliphatic hydroxyl groups is 1. The Morgan fingerprint density at radius 1 is 1.21 bits per heavy atom. The van der Waals surface area contributed by atoms with E-state index < -0.39 is 23.5 Å². The molecule has 0 fully saturated rings. The molecule has 142 valence electrons. The highest BCUT2D eigenvalue weighted by atomic mass is 79.9. The number of Topliss-reactive ketones (excluding diaryl/α,β-unsaturated/α-hetero) is 1. The van der Waals surface area contributed by atoms with E-state index in [4.69, 9.17) is 8.83 Å². The summed E-state index contributed by atoms with van der Waals surface area (Å²) in [7, 11) is 0. The monoisotopic (exact) mass is 441 g/mol. The van der Waals surface area contributed by atoms with Crippen molar-refractivity contribution in [2.24, 2.45) is 0 Å². The molecule has 4 rings (SSSR count). The van der Waals surface area contributed by atoms with Crippen LogP contribution in [0.4, 0.5) is 0 Å². The number of halogens is 1. The smallest absolute Gasteiger partial charge is 0.290 e. The van der Waals surface area contributed by atoms with Gasteiger partial charge in [-0.05, 0) is 48.9 Å². The van der Waals surface area contributed by atoms with Crippen LogP contribution in [0.2, 0.25) is 0 Å². The Morgan fingerprint density at radius 3 is 2.68 bits per heavy atom. The standard InChI is InChI=1S/C21H16BrNO5/c1-12-7-8-16(28-12)19(24)17-18(13-4-2-5-14(22)10-13)23(21(26)20(17)25)11-15-6-3-9-27-15/h2-10,18,25H,11H2,1H3/t18-/m1/s1. The second-order valence-electron chi connectivity index (χ2n) is 6.47. The second kappa shape index (κ2) is 7.16. The maximum Gasteiger partial charge on any atom is 0.290 e. The molecule has 28 heavy (non-hydrogen) atoms. The van der Waals surface area contributed by atoms with Gasteiger partial charge in [-0.1, -0.05) is 28.1 Å². The second-order valence-corrected chi connectivity index (χ2v) is 7.39. The minimum Gasteiger partial charge on any atom is -0.503 e. The number of aryl methyl sites for hydroxylation is 1. The Labute approximate surface area is 169 Å². The first-order valence-corrected chi connectivity index (χ1v) is 9.38. The fraction of sp³-hybridized carbons (Fsp3) is 0.143. The van der Waals surface area contributed by atoms with E-state index in [0.29, 0.717) is 17.1 Å². The fourth-order valence-corrected chi connectivity index (χ4v) is 3.75. The van der Waals surface area contributed by atoms with Gasteiger partial charge in [-0.25, -0.2) is 0 Å². The lowest BCUT2D eigenvalue weighted by Gasteiger charge is -2.26. The molecule has 6 nitrogen and oxygen atoms in total. The van der Waals surface area contributed by atoms with Crippen molar-refractivity contribution in [3.05, 3.63) is 93.4 Å². The zero-order chi connectivity index (χ0) is 19.8. The van der Waals surface area contributed by atoms with Gasteiger partial charge in [0.2, 0.25) is 5.78 Å². The maximum atomic E-state index is 13.1. The molecule has 0 aliphatic carbocycles. The van der Waals surface area contributed by atoms with Gasteiger partial charge in [0, 0.05) is 4.47 Å². The molecule has 0 unspecified atom stereocenters. The third-order valence-corrected chi connectivity index (χ3v) is 5.08. The number of furan rings is 2. The average Bonchev–Trinajstić information content (AvgIpc) is 3.38. The van der Waals surface area contributed by atoms with Crippen molar-refractivity contribution in [3.8, 4) is 0 Å². The largest absolute Gasteiger partial charge is 0.503 e. The van der Waals surface area contributed by atoms with E-state index in [0.717, 1.165) is 4.47 Å². The Balaban J connectivity index is 1.81. The zero-order valence-electron chi connectivity index (χ0n) is 14.9. The van der Waals surface area contributed by atoms with Crippen LogP contribution in [0.3, 0.4) is 0 Å². The van der Waals surface area contributed by atoms with Gasteiger partial charge in [-0.3, -0.25) is 9.59 Å². The maximum absolute atomic E-state index is 13.1. The molecule has 1 atom stereocenters. The van der Waals surface area contributed by atoms with E-state index in [2.05, 4.69) is 15.9 Å². The Bertz CT molecular complexity index is 1080. The highest BCUT2D eigenvalue weighted by molar-refractivity contribution is 9.10. The summed E-state index contributed by atoms with van der Waals surface area (Å²) in [4.78, 5) is 27.4. The van der Waals surface area contributed by atoms with Crippen molar-refractivity contribution in [1.82, 2.24) is 4.90 Å². The van der Waals surface area contributed by atoms with Crippen molar-refractivity contribution in [3.63, 3.8) is 0 Å². The van der Waals surface area contributed by atoms with Gasteiger partial charge in [0.15, 0.2) is 11.5 Å². The number of carbonyl (C=O) groups is 2. The van der Waals surface area contributed by atoms with E-state index >= 15 is 0 Å². The van der Waals surface area contributed by atoms with E-state index in [1.54, 1.807) is 31.2 Å². The Kier molecular flexibility index (Phi) is 4.68. The van der Waals surface area contributed by atoms with E-state index in [-0.39, 0.29) is 17.9 Å². The Hall–Kier alpha value is -3.06. The molecular weight excluding hydrogens is 426 g/mol. The van der Waals surface area contributed by atoms with Crippen LogP contribution in [0.15, 0.2) is 79.4 Å². The molecule has 0 radical (unpaired) electrons. The van der Waals surface area contributed by atoms with Gasteiger partial charge >= 0.3 is 0 Å². The summed E-state index contributed by atoms with van der Waals surface area (Å²) in [5, 5.41) is 10.6. The zero-order valence-corrected chi connectivity index (χ0v) is 16.5. The molecule has 0 bridgehead atoms. The van der Waals surface area contributed by atoms with Crippen molar-refractivity contribution in [2.45, 2.75) is 19.5 Å². The first-order valence-electron chi connectivity index (χ1n) is 8.59. The van der Waals surface area contributed by atoms with Crippen LogP contribution in [-0.4, -0.2) is 21.7 Å². The average molecular weight is 442 g/mol. The summed E-state index contributed by atoms with van der Waals surface area (Å²) in [5.41, 5.74) is 0.675. The molecule has 3 aromatic rings. The number of ketones is 1. The van der Waals surface area contributed by atoms with Crippen LogP contribution in [0.25, 0.3) is 0 Å². The van der Waals surface area contributed by atoms with Gasteiger partial charge in [-0.2, -0.15) is 0 Å². The predicted molar refractivity (Wildman–Crippen MR) is 104 cm³/mol. The topological polar surface area (TPSA) is 83.9 Å². The third kappa shape index (κ3) is 3.18. The molecule has 3 heterocycles. The van der Waals surface area contributed by atoms with Crippen molar-refractivity contribution in [1.29, 1.82) is 0 Å². The summed E-state index contributed by atoms with van der Waals surface area (Å²) in [6.45, 7) is 1.83. The minimum atomic E-state index is -0.770. The fourth-order valence-electron chi connectivity index (χ4n) is 3.33. The van der Waals surface area contributed by atoms with Crippen molar-refractivity contribution < 1.29 is 23.5 Å². The molecule has 7 heteroatoms. The summed E-state index contributed by atoms with van der Waals surface area (Å²) >= 11 is 3.42. The van der Waals surface area contributed by atoms with Crippen LogP contribution in [-0.2, 0) is 11.3 Å². The molecule has 1 aromatic carbocycles. The predicted octanol–water partition coefficient (Wildman–Crippen LogP) is 4.72. The van der Waals surface area contributed by atoms with Crippen LogP contribution in [0.1, 0.15) is 33.7 Å². The van der Waals surface area contributed by atoms with Gasteiger partial charge in [-0.15, -0.1) is 0 Å². The molecule has 1 aliphatic rings. The first kappa shape index (κ1) is 18.3. The van der Waals surface area contributed by atoms with Crippen LogP contribution < -0.4 is 0 Å². The number of amides is 1. The lowest BCUT2D eigenvalue weighted by Crippen LogP contribution is -2.30. The van der Waals surface area contributed by atoms with Crippen LogP contribution in [0.5, 0.6) is 0 Å². The van der Waals surface area contributed by atoms with E-state index in [1.807, 2.05) is 18.2 Å². The number of benzene rings is 1. The minimum absolute atomic E-state index is 0.0102. The molecule has 1 amide bonds. The van der Waals surface area contributed by atoms with Crippen molar-refractivity contribution >= 4 is 27.6 Å². The lowest BCUT2D eigenvalue weighted by atomic mass is 9.95. The highest BCUT2D eigenvalue weighted by Gasteiger charge is 2.44. The van der Waals surface area contributed by atoms with E-state index in [1.165, 1.54) is 17.2 Å². The van der Waals surface area contributed by atoms with Crippen LogP contribution >= 0.6 is 15.9 Å². The van der Waals surface area contributed by atoms with Gasteiger partial charge < -0.3 is 18.8 Å². The lowest BCUT2D eigenvalue weighted by molar-refractivity contribution is -0.130. The number of carbonyl (C=O) groups excluding carboxylic acids is 2. The van der Waals surface area contributed by atoms with Gasteiger partial charge in [0.1, 0.15) is 11.5 Å². The molecule has 0 spiro atoms. The van der Waals surface area contributed by atoms with Gasteiger partial charge in [0.05, 0.1) is 24.4 Å². The van der Waals surface area contributed by atoms with E-state index in [9.17, 15) is 14.7 Å². The number of rotatable bonds is 5. The molecular formula is C21H16BrNO5. The van der Waals surface area contributed by atoms with Crippen LogP contribution in [0, 0.1) is 6.92 Å². The third-order valence-electron chi connectivity index (χ3n) is 4.58. The Morgan fingerprint density at radius 2 is 2.04 bits per heavy atom. The molecule has 1 aliphatic heterocycles.